The van der Waals surface area contributed by atoms with E-state index in [4.69, 9.17) is 9.72 Å². The van der Waals surface area contributed by atoms with E-state index >= 15 is 0 Å². The minimum absolute atomic E-state index is 0.191. The number of anilines is 2. The van der Waals surface area contributed by atoms with Crippen LogP contribution in [0.25, 0.3) is 11.2 Å². The van der Waals surface area contributed by atoms with E-state index < -0.39 is 0 Å². The van der Waals surface area contributed by atoms with E-state index in [0.29, 0.717) is 36.1 Å². The van der Waals surface area contributed by atoms with Gasteiger partial charge in [-0.05, 0) is 36.1 Å². The molecular formula is C21H27N5O3. The van der Waals surface area contributed by atoms with Crippen LogP contribution in [-0.2, 0) is 20.1 Å². The number of fused-ring (bicyclic) bond motifs is 3. The van der Waals surface area contributed by atoms with Crippen LogP contribution in [0.2, 0.25) is 0 Å². The Kier molecular flexibility index (Phi) is 4.72. The van der Waals surface area contributed by atoms with E-state index in [1.807, 2.05) is 42.7 Å². The highest BCUT2D eigenvalue weighted by Crippen LogP contribution is 2.33. The average Bonchev–Trinajstić information content (AvgIpc) is 3.08. The molecule has 1 atom stereocenters. The first-order valence-electron chi connectivity index (χ1n) is 9.93. The molecule has 154 valence electrons. The fourth-order valence-corrected chi connectivity index (χ4v) is 4.01. The maximum absolute atomic E-state index is 13.3. The van der Waals surface area contributed by atoms with E-state index in [1.54, 1.807) is 14.2 Å². The van der Waals surface area contributed by atoms with Gasteiger partial charge in [-0.15, -0.1) is 0 Å². The molecule has 0 radical (unpaired) electrons. The standard InChI is InChI=1S/C21H27N5O3/c1-13(2)10-26-19(27)17-18(23(4)21(26)28)22-20-24(11-14(3)12-25(17)20)15-6-8-16(29-5)9-7-15/h6-9,13-14H,10-12H2,1-5H3/t14-/m0/s1. The predicted molar refractivity (Wildman–Crippen MR) is 113 cm³/mol. The molecule has 1 aliphatic heterocycles. The van der Waals surface area contributed by atoms with Crippen LogP contribution in [-0.4, -0.2) is 32.3 Å². The lowest BCUT2D eigenvalue weighted by Crippen LogP contribution is -2.41. The van der Waals surface area contributed by atoms with Crippen molar-refractivity contribution in [3.63, 3.8) is 0 Å². The Balaban J connectivity index is 1.95. The van der Waals surface area contributed by atoms with Crippen molar-refractivity contribution in [2.45, 2.75) is 33.9 Å². The van der Waals surface area contributed by atoms with Crippen LogP contribution in [0, 0.1) is 11.8 Å². The summed E-state index contributed by atoms with van der Waals surface area (Å²) < 4.78 is 10.0. The summed E-state index contributed by atoms with van der Waals surface area (Å²) in [6.45, 7) is 8.00. The molecule has 8 nitrogen and oxygen atoms in total. The molecule has 3 heterocycles. The molecule has 0 fully saturated rings. The summed E-state index contributed by atoms with van der Waals surface area (Å²) in [6, 6.07) is 7.78. The molecule has 8 heteroatoms. The molecule has 1 aliphatic rings. The average molecular weight is 397 g/mol. The molecular weight excluding hydrogens is 370 g/mol. The van der Waals surface area contributed by atoms with Gasteiger partial charge in [0.2, 0.25) is 5.95 Å². The number of rotatable bonds is 4. The fraction of sp³-hybridized carbons (Fsp3) is 0.476. The van der Waals surface area contributed by atoms with Crippen LogP contribution in [0.4, 0.5) is 11.6 Å². The van der Waals surface area contributed by atoms with Crippen molar-refractivity contribution >= 4 is 22.8 Å². The van der Waals surface area contributed by atoms with E-state index in [-0.39, 0.29) is 17.2 Å². The summed E-state index contributed by atoms with van der Waals surface area (Å²) in [5, 5.41) is 0. The molecule has 0 saturated carbocycles. The quantitative estimate of drug-likeness (QED) is 0.676. The van der Waals surface area contributed by atoms with Gasteiger partial charge < -0.3 is 14.2 Å². The number of methoxy groups -OCH3 is 1. The molecule has 0 amide bonds. The molecule has 0 aliphatic carbocycles. The Bertz CT molecular complexity index is 1170. The summed E-state index contributed by atoms with van der Waals surface area (Å²) in [4.78, 5) is 32.9. The van der Waals surface area contributed by atoms with Gasteiger partial charge in [0.15, 0.2) is 11.2 Å². The Hall–Kier alpha value is -3.03. The second-order valence-electron chi connectivity index (χ2n) is 8.26. The van der Waals surface area contributed by atoms with Crippen molar-refractivity contribution in [3.8, 4) is 5.75 Å². The maximum atomic E-state index is 13.3. The number of hydrogen-bond donors (Lipinski definition) is 0. The Labute approximate surface area is 169 Å². The highest BCUT2D eigenvalue weighted by molar-refractivity contribution is 5.77. The largest absolute Gasteiger partial charge is 0.497 e. The van der Waals surface area contributed by atoms with E-state index in [0.717, 1.165) is 18.0 Å². The van der Waals surface area contributed by atoms with Crippen LogP contribution >= 0.6 is 0 Å². The number of aryl methyl sites for hydroxylation is 1. The normalized spacial score (nSPS) is 16.5. The number of ether oxygens (including phenoxy) is 1. The SMILES string of the molecule is COc1ccc(N2C[C@H](C)Cn3c2nc2c3c(=O)n(CC(C)C)c(=O)n2C)cc1. The van der Waals surface area contributed by atoms with Crippen molar-refractivity contribution in [2.75, 3.05) is 18.6 Å². The molecule has 29 heavy (non-hydrogen) atoms. The van der Waals surface area contributed by atoms with Crippen molar-refractivity contribution in [1.82, 2.24) is 18.7 Å². The third-order valence-electron chi connectivity index (χ3n) is 5.37. The first-order chi connectivity index (χ1) is 13.8. The maximum Gasteiger partial charge on any atom is 0.332 e. The first-order valence-corrected chi connectivity index (χ1v) is 9.93. The van der Waals surface area contributed by atoms with Gasteiger partial charge in [0.1, 0.15) is 5.75 Å². The molecule has 0 bridgehead atoms. The highest BCUT2D eigenvalue weighted by atomic mass is 16.5. The number of hydrogen-bond acceptors (Lipinski definition) is 5. The van der Waals surface area contributed by atoms with Gasteiger partial charge in [-0.1, -0.05) is 20.8 Å². The van der Waals surface area contributed by atoms with Gasteiger partial charge in [-0.2, -0.15) is 4.98 Å². The second kappa shape index (κ2) is 7.09. The summed E-state index contributed by atoms with van der Waals surface area (Å²) >= 11 is 0. The highest BCUT2D eigenvalue weighted by Gasteiger charge is 2.29. The molecule has 0 spiro atoms. The Morgan fingerprint density at radius 2 is 1.86 bits per heavy atom. The fourth-order valence-electron chi connectivity index (χ4n) is 4.01. The molecule has 2 aromatic heterocycles. The topological polar surface area (TPSA) is 74.3 Å². The van der Waals surface area contributed by atoms with Crippen molar-refractivity contribution in [2.24, 2.45) is 18.9 Å². The number of aromatic nitrogens is 4. The van der Waals surface area contributed by atoms with Gasteiger partial charge in [0, 0.05) is 32.4 Å². The monoisotopic (exact) mass is 397 g/mol. The third-order valence-corrected chi connectivity index (χ3v) is 5.37. The minimum atomic E-state index is -0.323. The van der Waals surface area contributed by atoms with Crippen LogP contribution < -0.4 is 20.9 Å². The van der Waals surface area contributed by atoms with Crippen LogP contribution in [0.3, 0.4) is 0 Å². The zero-order chi connectivity index (χ0) is 20.9. The van der Waals surface area contributed by atoms with Crippen molar-refractivity contribution in [3.05, 3.63) is 45.1 Å². The van der Waals surface area contributed by atoms with Crippen molar-refractivity contribution in [1.29, 1.82) is 0 Å². The zero-order valence-electron chi connectivity index (χ0n) is 17.5. The summed E-state index contributed by atoms with van der Waals surface area (Å²) in [5.41, 5.74) is 1.31. The van der Waals surface area contributed by atoms with Gasteiger partial charge in [0.25, 0.3) is 5.56 Å². The van der Waals surface area contributed by atoms with E-state index in [2.05, 4.69) is 11.8 Å². The van der Waals surface area contributed by atoms with Gasteiger partial charge >= 0.3 is 5.69 Å². The van der Waals surface area contributed by atoms with Crippen LogP contribution in [0.5, 0.6) is 5.75 Å². The number of benzene rings is 1. The molecule has 3 aromatic rings. The Morgan fingerprint density at radius 3 is 2.48 bits per heavy atom. The molecule has 1 aromatic carbocycles. The zero-order valence-corrected chi connectivity index (χ0v) is 17.5. The Morgan fingerprint density at radius 1 is 1.17 bits per heavy atom. The lowest BCUT2D eigenvalue weighted by atomic mass is 10.1. The summed E-state index contributed by atoms with van der Waals surface area (Å²) in [6.07, 6.45) is 0. The van der Waals surface area contributed by atoms with Crippen molar-refractivity contribution < 1.29 is 4.74 Å². The summed E-state index contributed by atoms with van der Waals surface area (Å²) in [7, 11) is 3.32. The molecule has 0 N–H and O–H groups in total. The van der Waals surface area contributed by atoms with Gasteiger partial charge in [-0.25, -0.2) is 4.79 Å². The molecule has 0 unspecified atom stereocenters. The van der Waals surface area contributed by atoms with E-state index in [1.165, 1.54) is 9.13 Å². The minimum Gasteiger partial charge on any atom is -0.497 e. The van der Waals surface area contributed by atoms with Gasteiger partial charge in [0.05, 0.1) is 7.11 Å². The first kappa shape index (κ1) is 19.3. The molecule has 4 rings (SSSR count). The third kappa shape index (κ3) is 3.12. The smallest absolute Gasteiger partial charge is 0.332 e. The van der Waals surface area contributed by atoms with E-state index in [9.17, 15) is 9.59 Å². The second-order valence-corrected chi connectivity index (χ2v) is 8.26. The molecule has 0 saturated heterocycles. The lowest BCUT2D eigenvalue weighted by molar-refractivity contribution is 0.414. The summed E-state index contributed by atoms with van der Waals surface area (Å²) in [5.74, 6) is 1.98. The van der Waals surface area contributed by atoms with Gasteiger partial charge in [-0.3, -0.25) is 13.9 Å². The number of nitrogens with zero attached hydrogens (tertiary/aromatic N) is 5. The lowest BCUT2D eigenvalue weighted by Gasteiger charge is -2.33. The van der Waals surface area contributed by atoms with Crippen LogP contribution in [0.1, 0.15) is 20.8 Å². The van der Waals surface area contributed by atoms with Crippen LogP contribution in [0.15, 0.2) is 33.9 Å². The number of imidazole rings is 1. The predicted octanol–water partition coefficient (Wildman–Crippen LogP) is 2.35.